The molecular formula is C13H10ClFN2O4S. The molecule has 0 aliphatic heterocycles. The Morgan fingerprint density at radius 1 is 1.18 bits per heavy atom. The van der Waals surface area contributed by atoms with Crippen LogP contribution in [-0.4, -0.2) is 19.6 Å². The van der Waals surface area contributed by atoms with Gasteiger partial charge in [-0.25, -0.2) is 12.8 Å². The molecule has 2 aromatic carbocycles. The molecule has 0 aliphatic carbocycles. The number of benzene rings is 2. The summed E-state index contributed by atoms with van der Waals surface area (Å²) in [6, 6.07) is 7.04. The monoisotopic (exact) mass is 344 g/mol. The first-order valence-electron chi connectivity index (χ1n) is 5.89. The van der Waals surface area contributed by atoms with Gasteiger partial charge in [0.05, 0.1) is 15.5 Å². The molecule has 0 fully saturated rings. The summed E-state index contributed by atoms with van der Waals surface area (Å²) in [4.78, 5) is 10.1. The van der Waals surface area contributed by atoms with Crippen molar-refractivity contribution >= 4 is 38.5 Å². The van der Waals surface area contributed by atoms with E-state index in [1.807, 2.05) is 0 Å². The number of halogens is 2. The van der Waals surface area contributed by atoms with Crippen LogP contribution in [0.25, 0.3) is 0 Å². The maximum Gasteiger partial charge on any atom is 0.293 e. The highest BCUT2D eigenvalue weighted by molar-refractivity contribution is 7.90. The van der Waals surface area contributed by atoms with Crippen molar-refractivity contribution in [3.05, 3.63) is 57.4 Å². The van der Waals surface area contributed by atoms with Gasteiger partial charge in [0, 0.05) is 17.3 Å². The summed E-state index contributed by atoms with van der Waals surface area (Å²) < 4.78 is 36.6. The quantitative estimate of drug-likeness (QED) is 0.677. The number of nitrogens with one attached hydrogen (secondary N) is 1. The van der Waals surface area contributed by atoms with Crippen molar-refractivity contribution in [2.75, 3.05) is 11.6 Å². The lowest BCUT2D eigenvalue weighted by atomic mass is 10.2. The number of rotatable bonds is 4. The molecule has 0 radical (unpaired) electrons. The number of nitro groups is 1. The van der Waals surface area contributed by atoms with Crippen molar-refractivity contribution in [2.45, 2.75) is 4.90 Å². The molecule has 116 valence electrons. The summed E-state index contributed by atoms with van der Waals surface area (Å²) in [6.07, 6.45) is 0.940. The van der Waals surface area contributed by atoms with Crippen LogP contribution >= 0.6 is 11.6 Å². The van der Waals surface area contributed by atoms with Gasteiger partial charge in [0.2, 0.25) is 0 Å². The highest BCUT2D eigenvalue weighted by Gasteiger charge is 2.19. The summed E-state index contributed by atoms with van der Waals surface area (Å²) in [5.41, 5.74) is -0.580. The molecule has 0 bridgehead atoms. The molecule has 0 aromatic heterocycles. The van der Waals surface area contributed by atoms with Crippen LogP contribution in [0.4, 0.5) is 21.5 Å². The van der Waals surface area contributed by atoms with E-state index in [-0.39, 0.29) is 21.3 Å². The SMILES string of the molecule is CS(=O)(=O)c1ccc(Nc2cc(Cl)ccc2F)c([N+](=O)[O-])c1. The molecule has 0 saturated heterocycles. The van der Waals surface area contributed by atoms with Crippen LogP contribution in [0, 0.1) is 15.9 Å². The molecule has 0 heterocycles. The smallest absolute Gasteiger partial charge is 0.293 e. The molecule has 0 amide bonds. The second-order valence-corrected chi connectivity index (χ2v) is 6.91. The number of hydrogen-bond donors (Lipinski definition) is 1. The van der Waals surface area contributed by atoms with E-state index in [0.717, 1.165) is 18.4 Å². The maximum atomic E-state index is 13.7. The fourth-order valence-electron chi connectivity index (χ4n) is 1.74. The van der Waals surface area contributed by atoms with Gasteiger partial charge in [0.1, 0.15) is 11.5 Å². The highest BCUT2D eigenvalue weighted by atomic mass is 35.5. The van der Waals surface area contributed by atoms with E-state index >= 15 is 0 Å². The van der Waals surface area contributed by atoms with Gasteiger partial charge in [-0.05, 0) is 30.3 Å². The van der Waals surface area contributed by atoms with E-state index in [0.29, 0.717) is 0 Å². The van der Waals surface area contributed by atoms with Crippen LogP contribution in [0.1, 0.15) is 0 Å². The molecule has 0 aliphatic rings. The average molecular weight is 345 g/mol. The molecule has 2 rings (SSSR count). The predicted molar refractivity (Wildman–Crippen MR) is 80.9 cm³/mol. The van der Waals surface area contributed by atoms with Crippen LogP contribution in [-0.2, 0) is 9.84 Å². The average Bonchev–Trinajstić information content (AvgIpc) is 2.42. The fraction of sp³-hybridized carbons (Fsp3) is 0.0769. The van der Waals surface area contributed by atoms with E-state index in [1.54, 1.807) is 0 Å². The Labute approximate surface area is 130 Å². The second kappa shape index (κ2) is 5.90. The normalized spacial score (nSPS) is 11.2. The lowest BCUT2D eigenvalue weighted by molar-refractivity contribution is -0.384. The molecule has 22 heavy (non-hydrogen) atoms. The van der Waals surface area contributed by atoms with Gasteiger partial charge in [0.25, 0.3) is 5.69 Å². The van der Waals surface area contributed by atoms with Crippen molar-refractivity contribution in [1.29, 1.82) is 0 Å². The van der Waals surface area contributed by atoms with Crippen molar-refractivity contribution in [2.24, 2.45) is 0 Å². The third kappa shape index (κ3) is 3.52. The van der Waals surface area contributed by atoms with Gasteiger partial charge >= 0.3 is 0 Å². The molecule has 2 aromatic rings. The van der Waals surface area contributed by atoms with E-state index in [9.17, 15) is 22.9 Å². The van der Waals surface area contributed by atoms with Crippen LogP contribution in [0.2, 0.25) is 5.02 Å². The molecule has 0 spiro atoms. The van der Waals surface area contributed by atoms with Crippen LogP contribution < -0.4 is 5.32 Å². The first-order chi connectivity index (χ1) is 10.2. The third-order valence-corrected chi connectivity index (χ3v) is 4.14. The number of hydrogen-bond acceptors (Lipinski definition) is 5. The largest absolute Gasteiger partial charge is 0.347 e. The Balaban J connectivity index is 2.51. The molecule has 9 heteroatoms. The minimum atomic E-state index is -3.59. The molecule has 0 saturated carbocycles. The van der Waals surface area contributed by atoms with Crippen molar-refractivity contribution in [3.8, 4) is 0 Å². The Morgan fingerprint density at radius 3 is 2.45 bits per heavy atom. The van der Waals surface area contributed by atoms with Crippen molar-refractivity contribution < 1.29 is 17.7 Å². The third-order valence-electron chi connectivity index (χ3n) is 2.79. The minimum Gasteiger partial charge on any atom is -0.347 e. The molecule has 1 N–H and O–H groups in total. The predicted octanol–water partition coefficient (Wildman–Crippen LogP) is 3.53. The maximum absolute atomic E-state index is 13.7. The summed E-state index contributed by atoms with van der Waals surface area (Å²) in [5, 5.41) is 13.9. The molecule has 0 atom stereocenters. The number of anilines is 2. The van der Waals surface area contributed by atoms with Crippen LogP contribution in [0.3, 0.4) is 0 Å². The summed E-state index contributed by atoms with van der Waals surface area (Å²) in [5.74, 6) is -0.647. The first-order valence-corrected chi connectivity index (χ1v) is 8.16. The lowest BCUT2D eigenvalue weighted by Crippen LogP contribution is -2.02. The van der Waals surface area contributed by atoms with Crippen molar-refractivity contribution in [1.82, 2.24) is 0 Å². The molecule has 6 nitrogen and oxygen atoms in total. The molecular weight excluding hydrogens is 335 g/mol. The van der Waals surface area contributed by atoms with Gasteiger partial charge in [0.15, 0.2) is 9.84 Å². The zero-order valence-electron chi connectivity index (χ0n) is 11.2. The summed E-state index contributed by atoms with van der Waals surface area (Å²) >= 11 is 5.75. The van der Waals surface area contributed by atoms with Gasteiger partial charge in [-0.3, -0.25) is 10.1 Å². The van der Waals surface area contributed by atoms with E-state index in [2.05, 4.69) is 5.32 Å². The zero-order chi connectivity index (χ0) is 16.5. The Morgan fingerprint density at radius 2 is 1.86 bits per heavy atom. The van der Waals surface area contributed by atoms with E-state index in [4.69, 9.17) is 11.6 Å². The topological polar surface area (TPSA) is 89.3 Å². The number of sulfone groups is 1. The lowest BCUT2D eigenvalue weighted by Gasteiger charge is -2.09. The van der Waals surface area contributed by atoms with Gasteiger partial charge < -0.3 is 5.32 Å². The summed E-state index contributed by atoms with van der Waals surface area (Å²) in [7, 11) is -3.59. The first kappa shape index (κ1) is 16.2. The Hall–Kier alpha value is -2.19. The van der Waals surface area contributed by atoms with E-state index < -0.39 is 26.3 Å². The van der Waals surface area contributed by atoms with Crippen molar-refractivity contribution in [3.63, 3.8) is 0 Å². The number of nitrogens with zero attached hydrogens (tertiary/aromatic N) is 1. The van der Waals surface area contributed by atoms with Gasteiger partial charge in [-0.1, -0.05) is 11.6 Å². The van der Waals surface area contributed by atoms with Gasteiger partial charge in [-0.15, -0.1) is 0 Å². The minimum absolute atomic E-state index is 0.0430. The summed E-state index contributed by atoms with van der Waals surface area (Å²) in [6.45, 7) is 0. The van der Waals surface area contributed by atoms with Crippen LogP contribution in [0.15, 0.2) is 41.3 Å². The standard InChI is InChI=1S/C13H10ClFN2O4S/c1-22(20,21)9-3-5-11(13(7-9)17(18)19)16-12-6-8(14)2-4-10(12)15/h2-7,16H,1H3. The van der Waals surface area contributed by atoms with Gasteiger partial charge in [-0.2, -0.15) is 0 Å². The highest BCUT2D eigenvalue weighted by Crippen LogP contribution is 2.31. The second-order valence-electron chi connectivity index (χ2n) is 4.46. The van der Waals surface area contributed by atoms with E-state index in [1.165, 1.54) is 24.3 Å². The zero-order valence-corrected chi connectivity index (χ0v) is 12.8. The van der Waals surface area contributed by atoms with Crippen LogP contribution in [0.5, 0.6) is 0 Å². The Kier molecular flexibility index (Phi) is 4.34. The fourth-order valence-corrected chi connectivity index (χ4v) is 2.55. The molecule has 0 unspecified atom stereocenters. The number of nitro benzene ring substituents is 1. The Bertz CT molecular complexity index is 855.